The molecule has 0 saturated heterocycles. The van der Waals surface area contributed by atoms with Crippen molar-refractivity contribution in [3.05, 3.63) is 83.1 Å². The quantitative estimate of drug-likeness (QED) is 0.453. The van der Waals surface area contributed by atoms with Gasteiger partial charge in [-0.05, 0) is 49.7 Å². The van der Waals surface area contributed by atoms with Crippen molar-refractivity contribution >= 4 is 5.91 Å². The molecular weight excluding hydrogens is 458 g/mol. The van der Waals surface area contributed by atoms with Crippen molar-refractivity contribution in [1.29, 1.82) is 0 Å². The first kappa shape index (κ1) is 25.6. The fraction of sp³-hybridized carbons (Fsp3) is 0.400. The number of alkyl halides is 6. The summed E-state index contributed by atoms with van der Waals surface area (Å²) < 4.78 is 80.2. The molecule has 0 bridgehead atoms. The Balaban J connectivity index is 2.10. The average Bonchev–Trinajstić information content (AvgIpc) is 3.26. The molecule has 3 nitrogen and oxygen atoms in total. The van der Waals surface area contributed by atoms with E-state index in [2.05, 4.69) is 11.9 Å². The number of nitrogens with zero attached hydrogens (tertiary/aromatic N) is 1. The smallest absolute Gasteiger partial charge is 0.373 e. The van der Waals surface area contributed by atoms with Gasteiger partial charge in [-0.25, -0.2) is 0 Å². The third kappa shape index (κ3) is 5.08. The van der Waals surface area contributed by atoms with Crippen molar-refractivity contribution in [1.82, 2.24) is 10.2 Å². The Hall–Kier alpha value is -2.97. The van der Waals surface area contributed by atoms with Crippen molar-refractivity contribution < 1.29 is 31.1 Å². The Morgan fingerprint density at radius 1 is 1.06 bits per heavy atom. The highest BCUT2D eigenvalue weighted by atomic mass is 19.4. The third-order valence-corrected chi connectivity index (χ3v) is 6.53. The second kappa shape index (κ2) is 9.35. The van der Waals surface area contributed by atoms with Crippen molar-refractivity contribution in [2.75, 3.05) is 7.05 Å². The maximum Gasteiger partial charge on any atom is 0.417 e. The first-order valence-electron chi connectivity index (χ1n) is 10.8. The number of rotatable bonds is 6. The van der Waals surface area contributed by atoms with Gasteiger partial charge in [0, 0.05) is 7.05 Å². The molecule has 0 radical (unpaired) electrons. The second-order valence-electron chi connectivity index (χ2n) is 8.68. The number of hydrogen-bond donors (Lipinski definition) is 1. The zero-order valence-corrected chi connectivity index (χ0v) is 18.9. The summed E-state index contributed by atoms with van der Waals surface area (Å²) in [5.74, 6) is -1.09. The summed E-state index contributed by atoms with van der Waals surface area (Å²) in [5.41, 5.74) is -2.99. The van der Waals surface area contributed by atoms with E-state index >= 15 is 0 Å². The van der Waals surface area contributed by atoms with Crippen LogP contribution in [-0.2, 0) is 12.4 Å². The summed E-state index contributed by atoms with van der Waals surface area (Å²) in [6.07, 6.45) is -5.48. The minimum absolute atomic E-state index is 0.0161. The Morgan fingerprint density at radius 3 is 2.24 bits per heavy atom. The lowest BCUT2D eigenvalue weighted by Crippen LogP contribution is -2.52. The predicted molar refractivity (Wildman–Crippen MR) is 117 cm³/mol. The number of carbonyl (C=O) groups is 1. The summed E-state index contributed by atoms with van der Waals surface area (Å²) in [7, 11) is 1.80. The molecule has 1 saturated carbocycles. The van der Waals surface area contributed by atoms with E-state index in [0.717, 1.165) is 18.4 Å². The number of benzene rings is 2. The number of likely N-dealkylation sites (N-methyl/N-ethyl adjacent to an activating group) is 1. The van der Waals surface area contributed by atoms with Gasteiger partial charge in [0.15, 0.2) is 0 Å². The lowest BCUT2D eigenvalue weighted by atomic mass is 9.81. The van der Waals surface area contributed by atoms with Crippen LogP contribution in [0.5, 0.6) is 0 Å². The zero-order valence-electron chi connectivity index (χ0n) is 18.9. The van der Waals surface area contributed by atoms with Crippen molar-refractivity contribution in [2.45, 2.75) is 56.5 Å². The van der Waals surface area contributed by atoms with Crippen LogP contribution < -0.4 is 5.32 Å². The lowest BCUT2D eigenvalue weighted by molar-refractivity contribution is -0.143. The van der Waals surface area contributed by atoms with E-state index in [1.165, 1.54) is 0 Å². The van der Waals surface area contributed by atoms with Gasteiger partial charge in [-0.15, -0.1) is 0 Å². The standard InChI is InChI=1S/C25H26F6N2O/c1-4-33(3)23(12-5-6-13-23)21(17-9-7-8-16(2)14-17)32-22(34)19-11-10-18(24(26,27)28)15-20(19)25(29,30)31/h4,7-11,14-15,21H,1,5-6,12-13H2,2-3H3,(H,32,34). The first-order valence-corrected chi connectivity index (χ1v) is 10.8. The fourth-order valence-electron chi connectivity index (χ4n) is 4.75. The number of nitrogens with one attached hydrogen (secondary N) is 1. The Morgan fingerprint density at radius 2 is 1.71 bits per heavy atom. The van der Waals surface area contributed by atoms with Crippen LogP contribution in [0.3, 0.4) is 0 Å². The van der Waals surface area contributed by atoms with Crippen LogP contribution in [0.4, 0.5) is 26.3 Å². The summed E-state index contributed by atoms with van der Waals surface area (Å²) >= 11 is 0. The molecule has 2 aromatic carbocycles. The van der Waals surface area contributed by atoms with Gasteiger partial charge in [0.25, 0.3) is 5.91 Å². The molecule has 0 heterocycles. The van der Waals surface area contributed by atoms with Crippen molar-refractivity contribution in [3.63, 3.8) is 0 Å². The molecule has 1 amide bonds. The van der Waals surface area contributed by atoms with Gasteiger partial charge in [-0.3, -0.25) is 4.79 Å². The third-order valence-electron chi connectivity index (χ3n) is 6.53. The average molecular weight is 484 g/mol. The molecular formula is C25H26F6N2O. The van der Waals surface area contributed by atoms with E-state index in [4.69, 9.17) is 0 Å². The Labute approximate surface area is 194 Å². The maximum absolute atomic E-state index is 13.7. The highest BCUT2D eigenvalue weighted by Crippen LogP contribution is 2.45. The van der Waals surface area contributed by atoms with E-state index in [1.54, 1.807) is 25.4 Å². The second-order valence-corrected chi connectivity index (χ2v) is 8.68. The number of carbonyl (C=O) groups excluding carboxylic acids is 1. The molecule has 9 heteroatoms. The Kier molecular flexibility index (Phi) is 7.05. The zero-order chi connectivity index (χ0) is 25.3. The highest BCUT2D eigenvalue weighted by molar-refractivity contribution is 5.96. The van der Waals surface area contributed by atoms with Gasteiger partial charge in [0.1, 0.15) is 0 Å². The number of hydrogen-bond acceptors (Lipinski definition) is 2. The van der Waals surface area contributed by atoms with Crippen LogP contribution in [0.2, 0.25) is 0 Å². The minimum Gasteiger partial charge on any atom is -0.373 e. The summed E-state index contributed by atoms with van der Waals surface area (Å²) in [5, 5.41) is 2.74. The summed E-state index contributed by atoms with van der Waals surface area (Å²) in [6, 6.07) is 7.63. The van der Waals surface area contributed by atoms with Crippen LogP contribution in [0.25, 0.3) is 0 Å². The molecule has 1 unspecified atom stereocenters. The minimum atomic E-state index is -5.14. The molecule has 1 fully saturated rings. The van der Waals surface area contributed by atoms with Crippen LogP contribution in [0.1, 0.15) is 64.3 Å². The van der Waals surface area contributed by atoms with E-state index in [-0.39, 0.29) is 6.07 Å². The topological polar surface area (TPSA) is 32.3 Å². The van der Waals surface area contributed by atoms with Gasteiger partial charge in [-0.1, -0.05) is 49.2 Å². The molecule has 1 atom stereocenters. The molecule has 0 spiro atoms. The lowest BCUT2D eigenvalue weighted by Gasteiger charge is -2.45. The van der Waals surface area contributed by atoms with Gasteiger partial charge in [0.05, 0.1) is 28.3 Å². The van der Waals surface area contributed by atoms with Gasteiger partial charge in [-0.2, -0.15) is 26.3 Å². The molecule has 1 aliphatic carbocycles. The number of halogens is 6. The monoisotopic (exact) mass is 484 g/mol. The molecule has 0 aromatic heterocycles. The van der Waals surface area contributed by atoms with Crippen molar-refractivity contribution in [3.8, 4) is 0 Å². The maximum atomic E-state index is 13.7. The van der Waals surface area contributed by atoms with Crippen LogP contribution in [0.15, 0.2) is 55.2 Å². The number of amides is 1. The first-order chi connectivity index (χ1) is 15.8. The molecule has 3 rings (SSSR count). The fourth-order valence-corrected chi connectivity index (χ4v) is 4.75. The van der Waals surface area contributed by atoms with E-state index in [9.17, 15) is 31.1 Å². The van der Waals surface area contributed by atoms with Crippen LogP contribution in [0, 0.1) is 6.92 Å². The highest BCUT2D eigenvalue weighted by Gasteiger charge is 2.46. The molecule has 184 valence electrons. The van der Waals surface area contributed by atoms with E-state index < -0.39 is 46.5 Å². The number of aryl methyl sites for hydroxylation is 1. The van der Waals surface area contributed by atoms with Gasteiger partial charge < -0.3 is 10.2 Å². The molecule has 1 aliphatic rings. The van der Waals surface area contributed by atoms with Crippen LogP contribution >= 0.6 is 0 Å². The normalized spacial score (nSPS) is 16.7. The predicted octanol–water partition coefficient (Wildman–Crippen LogP) is 6.89. The molecule has 2 aromatic rings. The van der Waals surface area contributed by atoms with Gasteiger partial charge in [0.2, 0.25) is 0 Å². The molecule has 1 N–H and O–H groups in total. The Bertz CT molecular complexity index is 1050. The molecule has 0 aliphatic heterocycles. The molecule has 34 heavy (non-hydrogen) atoms. The summed E-state index contributed by atoms with van der Waals surface area (Å²) in [4.78, 5) is 15.1. The SMILES string of the molecule is C=CN(C)C1(C(NC(=O)c2ccc(C(F)(F)F)cc2C(F)(F)F)c2cccc(C)c2)CCCC1. The summed E-state index contributed by atoms with van der Waals surface area (Å²) in [6.45, 7) is 5.68. The van der Waals surface area contributed by atoms with Crippen molar-refractivity contribution in [2.24, 2.45) is 0 Å². The largest absolute Gasteiger partial charge is 0.417 e. The van der Waals surface area contributed by atoms with Crippen LogP contribution in [-0.4, -0.2) is 23.4 Å². The van der Waals surface area contributed by atoms with E-state index in [0.29, 0.717) is 30.5 Å². The van der Waals surface area contributed by atoms with Gasteiger partial charge >= 0.3 is 12.4 Å². The van der Waals surface area contributed by atoms with E-state index in [1.807, 2.05) is 24.0 Å².